The number of nitrogens with zero attached hydrogens (tertiary/aromatic N) is 1. The highest BCUT2D eigenvalue weighted by molar-refractivity contribution is 5.85. The van der Waals surface area contributed by atoms with Gasteiger partial charge in [-0.3, -0.25) is 10.1 Å². The van der Waals surface area contributed by atoms with Gasteiger partial charge < -0.3 is 15.7 Å². The predicted molar refractivity (Wildman–Crippen MR) is 70.2 cm³/mol. The minimum atomic E-state index is -1.42. The first-order chi connectivity index (χ1) is 9.24. The Hall–Kier alpha value is -2.64. The number of aliphatic carboxylic acids is 1. The smallest absolute Gasteiger partial charge is 0.328 e. The number of carbonyl (C=O) groups excluding carboxylic acids is 1. The third-order valence-corrected chi connectivity index (χ3v) is 2.59. The van der Waals surface area contributed by atoms with E-state index in [1.807, 2.05) is 0 Å². The average Bonchev–Trinajstić information content (AvgIpc) is 2.35. The molecule has 0 aromatic heterocycles. The normalized spacial score (nSPS) is 10.7. The maximum Gasteiger partial charge on any atom is 0.328 e. The molecular weight excluding hydrogens is 266 g/mol. The molecule has 8 heteroatoms. The van der Waals surface area contributed by atoms with Gasteiger partial charge in [-0.05, 0) is 13.8 Å². The van der Waals surface area contributed by atoms with Gasteiger partial charge in [-0.15, -0.1) is 0 Å². The van der Waals surface area contributed by atoms with Gasteiger partial charge in [0, 0.05) is 11.6 Å². The Morgan fingerprint density at radius 2 is 1.95 bits per heavy atom. The van der Waals surface area contributed by atoms with Crippen molar-refractivity contribution in [3.8, 4) is 0 Å². The number of urea groups is 1. The topological polar surface area (TPSA) is 122 Å². The van der Waals surface area contributed by atoms with Crippen molar-refractivity contribution in [2.75, 3.05) is 0 Å². The molecule has 3 N–H and O–H groups in total. The van der Waals surface area contributed by atoms with Crippen LogP contribution in [0.1, 0.15) is 19.4 Å². The van der Waals surface area contributed by atoms with Gasteiger partial charge in [-0.1, -0.05) is 18.2 Å². The molecule has 0 bridgehead atoms. The molecular formula is C12H15N3O5. The number of benzene rings is 1. The minimum Gasteiger partial charge on any atom is -0.480 e. The molecule has 0 atom stereocenters. The molecule has 0 aliphatic rings. The molecule has 0 radical (unpaired) electrons. The SMILES string of the molecule is CC(C)(NC(=O)NCc1ccccc1[N+](=O)[O-])C(=O)O. The third-order valence-electron chi connectivity index (χ3n) is 2.59. The van der Waals surface area contributed by atoms with Crippen molar-refractivity contribution in [2.24, 2.45) is 0 Å². The van der Waals surface area contributed by atoms with Gasteiger partial charge >= 0.3 is 12.0 Å². The fraction of sp³-hybridized carbons (Fsp3) is 0.333. The fourth-order valence-corrected chi connectivity index (χ4v) is 1.40. The average molecular weight is 281 g/mol. The van der Waals surface area contributed by atoms with Crippen LogP contribution >= 0.6 is 0 Å². The zero-order valence-corrected chi connectivity index (χ0v) is 11.0. The zero-order valence-electron chi connectivity index (χ0n) is 11.0. The number of carbonyl (C=O) groups is 2. The minimum absolute atomic E-state index is 0.0707. The lowest BCUT2D eigenvalue weighted by molar-refractivity contribution is -0.385. The number of carboxylic acids is 1. The number of para-hydroxylation sites is 1. The van der Waals surface area contributed by atoms with Crippen LogP contribution in [0.3, 0.4) is 0 Å². The van der Waals surface area contributed by atoms with E-state index in [0.717, 1.165) is 0 Å². The van der Waals surface area contributed by atoms with E-state index in [9.17, 15) is 19.7 Å². The first kappa shape index (κ1) is 15.4. The van der Waals surface area contributed by atoms with E-state index >= 15 is 0 Å². The van der Waals surface area contributed by atoms with Crippen LogP contribution in [0, 0.1) is 10.1 Å². The van der Waals surface area contributed by atoms with Crippen LogP contribution in [-0.4, -0.2) is 27.6 Å². The molecule has 0 aliphatic carbocycles. The number of amides is 2. The Balaban J connectivity index is 2.67. The molecule has 0 heterocycles. The first-order valence-electron chi connectivity index (χ1n) is 5.76. The van der Waals surface area contributed by atoms with Crippen molar-refractivity contribution in [2.45, 2.75) is 25.9 Å². The molecule has 20 heavy (non-hydrogen) atoms. The third kappa shape index (κ3) is 3.94. The van der Waals surface area contributed by atoms with Crippen molar-refractivity contribution >= 4 is 17.7 Å². The molecule has 0 unspecified atom stereocenters. The lowest BCUT2D eigenvalue weighted by Crippen LogP contribution is -2.53. The summed E-state index contributed by atoms with van der Waals surface area (Å²) in [5.41, 5.74) is -1.20. The summed E-state index contributed by atoms with van der Waals surface area (Å²) in [6, 6.07) is 5.27. The second-order valence-corrected chi connectivity index (χ2v) is 4.62. The maximum absolute atomic E-state index is 11.6. The first-order valence-corrected chi connectivity index (χ1v) is 5.76. The number of nitro benzene ring substituents is 1. The number of rotatable bonds is 5. The highest BCUT2D eigenvalue weighted by atomic mass is 16.6. The summed E-state index contributed by atoms with van der Waals surface area (Å²) < 4.78 is 0. The number of hydrogen-bond acceptors (Lipinski definition) is 4. The molecule has 2 amide bonds. The standard InChI is InChI=1S/C12H15N3O5/c1-12(2,10(16)17)14-11(18)13-7-8-5-3-4-6-9(8)15(19)20/h3-6H,7H2,1-2H3,(H,16,17)(H2,13,14,18). The van der Waals surface area contributed by atoms with Crippen LogP contribution in [0.2, 0.25) is 0 Å². The zero-order chi connectivity index (χ0) is 15.3. The Morgan fingerprint density at radius 1 is 1.35 bits per heavy atom. The van der Waals surface area contributed by atoms with Gasteiger partial charge in [-0.2, -0.15) is 0 Å². The van der Waals surface area contributed by atoms with Crippen molar-refractivity contribution in [1.82, 2.24) is 10.6 Å². The Bertz CT molecular complexity index is 542. The maximum atomic E-state index is 11.6. The molecule has 0 fully saturated rings. The van der Waals surface area contributed by atoms with Gasteiger partial charge in [0.05, 0.1) is 11.5 Å². The Morgan fingerprint density at radius 3 is 2.50 bits per heavy atom. The molecule has 8 nitrogen and oxygen atoms in total. The summed E-state index contributed by atoms with van der Waals surface area (Å²) >= 11 is 0. The number of hydrogen-bond donors (Lipinski definition) is 3. The molecule has 108 valence electrons. The van der Waals surface area contributed by atoms with Gasteiger partial charge in [0.25, 0.3) is 5.69 Å². The highest BCUT2D eigenvalue weighted by Gasteiger charge is 2.28. The summed E-state index contributed by atoms with van der Waals surface area (Å²) in [5, 5.41) is 24.3. The van der Waals surface area contributed by atoms with Crippen LogP contribution in [-0.2, 0) is 11.3 Å². The predicted octanol–water partition coefficient (Wildman–Crippen LogP) is 1.26. The van der Waals surface area contributed by atoms with Crippen molar-refractivity contribution < 1.29 is 19.6 Å². The molecule has 1 rings (SSSR count). The summed E-state index contributed by atoms with van der Waals surface area (Å²) in [7, 11) is 0. The van der Waals surface area contributed by atoms with E-state index in [-0.39, 0.29) is 12.2 Å². The Labute approximate surface area is 114 Å². The molecule has 1 aromatic carbocycles. The van der Waals surface area contributed by atoms with Crippen LogP contribution in [0.4, 0.5) is 10.5 Å². The summed E-state index contributed by atoms with van der Waals surface area (Å²) in [6.45, 7) is 2.60. The Kier molecular flexibility index (Phi) is 4.63. The number of nitro groups is 1. The monoisotopic (exact) mass is 281 g/mol. The second kappa shape index (κ2) is 6.00. The number of nitrogens with one attached hydrogen (secondary N) is 2. The van der Waals surface area contributed by atoms with Crippen molar-refractivity contribution in [3.63, 3.8) is 0 Å². The lowest BCUT2D eigenvalue weighted by atomic mass is 10.1. The van der Waals surface area contributed by atoms with Gasteiger partial charge in [-0.25, -0.2) is 9.59 Å². The summed E-state index contributed by atoms with van der Waals surface area (Å²) in [6.07, 6.45) is 0. The van der Waals surface area contributed by atoms with E-state index in [4.69, 9.17) is 5.11 Å². The van der Waals surface area contributed by atoms with E-state index in [0.29, 0.717) is 5.56 Å². The van der Waals surface area contributed by atoms with Gasteiger partial charge in [0.2, 0.25) is 0 Å². The molecule has 0 saturated heterocycles. The van der Waals surface area contributed by atoms with Gasteiger partial charge in [0.15, 0.2) is 0 Å². The van der Waals surface area contributed by atoms with Crippen LogP contribution in [0.15, 0.2) is 24.3 Å². The molecule has 0 saturated carbocycles. The summed E-state index contributed by atoms with van der Waals surface area (Å²) in [4.78, 5) is 32.6. The van der Waals surface area contributed by atoms with Gasteiger partial charge in [0.1, 0.15) is 5.54 Å². The highest BCUT2D eigenvalue weighted by Crippen LogP contribution is 2.17. The molecule has 0 spiro atoms. The van der Waals surface area contributed by atoms with E-state index < -0.39 is 22.5 Å². The quantitative estimate of drug-likeness (QED) is 0.554. The molecule has 1 aromatic rings. The van der Waals surface area contributed by atoms with Crippen LogP contribution in [0.25, 0.3) is 0 Å². The fourth-order valence-electron chi connectivity index (χ4n) is 1.40. The number of carboxylic acid groups (broad SMARTS) is 1. The lowest BCUT2D eigenvalue weighted by Gasteiger charge is -2.21. The van der Waals surface area contributed by atoms with Crippen LogP contribution < -0.4 is 10.6 Å². The largest absolute Gasteiger partial charge is 0.480 e. The second-order valence-electron chi connectivity index (χ2n) is 4.62. The van der Waals surface area contributed by atoms with Crippen molar-refractivity contribution in [3.05, 3.63) is 39.9 Å². The van der Waals surface area contributed by atoms with E-state index in [1.165, 1.54) is 32.0 Å². The van der Waals surface area contributed by atoms with E-state index in [2.05, 4.69) is 10.6 Å². The summed E-state index contributed by atoms with van der Waals surface area (Å²) in [5.74, 6) is -1.18. The van der Waals surface area contributed by atoms with E-state index in [1.54, 1.807) is 6.07 Å². The molecule has 0 aliphatic heterocycles. The van der Waals surface area contributed by atoms with Crippen LogP contribution in [0.5, 0.6) is 0 Å². The van der Waals surface area contributed by atoms with Crippen molar-refractivity contribution in [1.29, 1.82) is 0 Å².